The summed E-state index contributed by atoms with van der Waals surface area (Å²) in [6.45, 7) is 3.35. The lowest BCUT2D eigenvalue weighted by molar-refractivity contribution is 0.262. The molecule has 0 radical (unpaired) electrons. The highest BCUT2D eigenvalue weighted by atomic mass is 35.5. The van der Waals surface area contributed by atoms with Crippen LogP contribution in [0.2, 0.25) is 10.3 Å². The Morgan fingerprint density at radius 3 is 2.55 bits per heavy atom. The largest absolute Gasteiger partial charge is 0.368 e. The second-order valence-corrected chi connectivity index (χ2v) is 9.62. The van der Waals surface area contributed by atoms with Gasteiger partial charge in [-0.2, -0.15) is 15.2 Å². The fourth-order valence-electron chi connectivity index (χ4n) is 3.64. The number of nitrogens with two attached hydrogens (primary N) is 1. The average molecular weight is 459 g/mol. The summed E-state index contributed by atoms with van der Waals surface area (Å²) >= 11 is 13.0. The number of nitrogens with zero attached hydrogens (tertiary/aromatic N) is 7. The molecule has 4 rings (SSSR count). The molecule has 29 heavy (non-hydrogen) atoms. The smallest absolute Gasteiger partial charge is 0.222 e. The predicted octanol–water partition coefficient (Wildman–Crippen LogP) is 2.20. The number of rotatable bonds is 4. The van der Waals surface area contributed by atoms with E-state index in [-0.39, 0.29) is 17.1 Å². The third-order valence-electron chi connectivity index (χ3n) is 5.09. The van der Waals surface area contributed by atoms with Gasteiger partial charge in [-0.3, -0.25) is 4.68 Å². The van der Waals surface area contributed by atoms with Crippen molar-refractivity contribution in [3.63, 3.8) is 0 Å². The Bertz CT molecular complexity index is 1180. The number of piperidine rings is 1. The molecule has 0 amide bonds. The van der Waals surface area contributed by atoms with Crippen molar-refractivity contribution in [3.8, 4) is 11.3 Å². The molecule has 1 aliphatic rings. The third-order valence-corrected chi connectivity index (χ3v) is 7.04. The van der Waals surface area contributed by atoms with E-state index in [9.17, 15) is 8.42 Å². The van der Waals surface area contributed by atoms with Crippen LogP contribution in [0.4, 0.5) is 5.95 Å². The minimum atomic E-state index is -3.20. The second-order valence-electron chi connectivity index (χ2n) is 6.92. The summed E-state index contributed by atoms with van der Waals surface area (Å²) in [5.74, 6) is 0.0871. The van der Waals surface area contributed by atoms with Crippen LogP contribution in [0.15, 0.2) is 6.20 Å². The summed E-state index contributed by atoms with van der Waals surface area (Å²) in [5.41, 5.74) is 7.50. The monoisotopic (exact) mass is 458 g/mol. The van der Waals surface area contributed by atoms with Crippen molar-refractivity contribution in [2.24, 2.45) is 0 Å². The first-order valence-corrected chi connectivity index (χ1v) is 11.7. The maximum Gasteiger partial charge on any atom is 0.222 e. The maximum absolute atomic E-state index is 11.7. The average Bonchev–Trinajstić information content (AvgIpc) is 3.20. The molecular weight excluding hydrogens is 439 g/mol. The predicted molar refractivity (Wildman–Crippen MR) is 111 cm³/mol. The molecule has 1 fully saturated rings. The van der Waals surface area contributed by atoms with Crippen LogP contribution < -0.4 is 5.73 Å². The van der Waals surface area contributed by atoms with Crippen molar-refractivity contribution < 1.29 is 8.42 Å². The fraction of sp³-hybridized carbons (Fsp3) is 0.500. The molecule has 0 saturated carbocycles. The molecule has 10 nitrogen and oxygen atoms in total. The van der Waals surface area contributed by atoms with E-state index >= 15 is 0 Å². The third kappa shape index (κ3) is 3.56. The van der Waals surface area contributed by atoms with Gasteiger partial charge in [0.15, 0.2) is 10.8 Å². The van der Waals surface area contributed by atoms with E-state index in [1.165, 1.54) is 10.6 Å². The second kappa shape index (κ2) is 7.38. The zero-order chi connectivity index (χ0) is 20.9. The minimum Gasteiger partial charge on any atom is -0.368 e. The first-order valence-electron chi connectivity index (χ1n) is 9.08. The number of anilines is 1. The number of nitrogen functional groups attached to an aromatic ring is 1. The standard InChI is InChI=1S/C16H20Cl2N8O2S/c1-3-25-15-11(13(17)23-25)12(21-16(19)22-15)10-8-20-26(14(10)18)9-4-6-24(7-5-9)29(2,27)28/h8-9H,3-7H2,1-2H3,(H2,19,21,22). The maximum atomic E-state index is 11.7. The number of aryl methyl sites for hydroxylation is 1. The normalized spacial score (nSPS) is 16.7. The lowest BCUT2D eigenvalue weighted by Gasteiger charge is -2.30. The molecule has 3 aromatic rings. The molecular formula is C16H20Cl2N8O2S. The number of fused-ring (bicyclic) bond motifs is 1. The summed E-state index contributed by atoms with van der Waals surface area (Å²) in [6.07, 6.45) is 4.07. The van der Waals surface area contributed by atoms with Crippen molar-refractivity contribution in [2.45, 2.75) is 32.4 Å². The van der Waals surface area contributed by atoms with E-state index < -0.39 is 10.0 Å². The van der Waals surface area contributed by atoms with Gasteiger partial charge in [0.2, 0.25) is 16.0 Å². The van der Waals surface area contributed by atoms with Crippen LogP contribution in [0.5, 0.6) is 0 Å². The summed E-state index contributed by atoms with van der Waals surface area (Å²) in [6, 6.07) is -0.0160. The highest BCUT2D eigenvalue weighted by Gasteiger charge is 2.29. The number of hydrogen-bond acceptors (Lipinski definition) is 7. The Kier molecular flexibility index (Phi) is 5.18. The van der Waals surface area contributed by atoms with Gasteiger partial charge in [-0.25, -0.2) is 22.4 Å². The first-order chi connectivity index (χ1) is 13.7. The highest BCUT2D eigenvalue weighted by Crippen LogP contribution is 2.37. The SMILES string of the molecule is CCn1nc(Cl)c2c(-c3cnn(C4CCN(S(C)(=O)=O)CC4)c3Cl)nc(N)nc21. The van der Waals surface area contributed by atoms with Gasteiger partial charge in [0.05, 0.1) is 35.1 Å². The van der Waals surface area contributed by atoms with Gasteiger partial charge in [-0.05, 0) is 19.8 Å². The van der Waals surface area contributed by atoms with Crippen molar-refractivity contribution in [1.29, 1.82) is 0 Å². The van der Waals surface area contributed by atoms with Gasteiger partial charge in [-0.15, -0.1) is 0 Å². The topological polar surface area (TPSA) is 125 Å². The van der Waals surface area contributed by atoms with E-state index in [0.717, 1.165) is 0 Å². The zero-order valence-corrected chi connectivity index (χ0v) is 18.2. The quantitative estimate of drug-likeness (QED) is 0.634. The first kappa shape index (κ1) is 20.3. The molecule has 13 heteroatoms. The number of halogens is 2. The molecule has 0 unspecified atom stereocenters. The summed E-state index contributed by atoms with van der Waals surface area (Å²) in [4.78, 5) is 8.61. The Morgan fingerprint density at radius 2 is 1.93 bits per heavy atom. The van der Waals surface area contributed by atoms with E-state index in [4.69, 9.17) is 28.9 Å². The Morgan fingerprint density at radius 1 is 1.24 bits per heavy atom. The molecule has 0 atom stereocenters. The molecule has 0 spiro atoms. The lowest BCUT2D eigenvalue weighted by atomic mass is 10.1. The van der Waals surface area contributed by atoms with Crippen LogP contribution in [0.1, 0.15) is 25.8 Å². The lowest BCUT2D eigenvalue weighted by Crippen LogP contribution is -2.38. The van der Waals surface area contributed by atoms with E-state index in [2.05, 4.69) is 20.2 Å². The minimum absolute atomic E-state index is 0.0160. The van der Waals surface area contributed by atoms with Crippen LogP contribution >= 0.6 is 23.2 Å². The van der Waals surface area contributed by atoms with Crippen molar-refractivity contribution in [1.82, 2.24) is 33.8 Å². The number of hydrogen-bond donors (Lipinski definition) is 1. The van der Waals surface area contributed by atoms with Gasteiger partial charge in [0, 0.05) is 19.6 Å². The van der Waals surface area contributed by atoms with Crippen LogP contribution in [0.3, 0.4) is 0 Å². The Labute approximate surface area is 177 Å². The van der Waals surface area contributed by atoms with Gasteiger partial charge >= 0.3 is 0 Å². The van der Waals surface area contributed by atoms with E-state index in [1.807, 2.05) is 6.92 Å². The summed E-state index contributed by atoms with van der Waals surface area (Å²) < 4.78 is 28.3. The fourth-order valence-corrected chi connectivity index (χ4v) is 5.10. The van der Waals surface area contributed by atoms with Crippen LogP contribution in [-0.2, 0) is 16.6 Å². The molecule has 1 aliphatic heterocycles. The number of aromatic nitrogens is 6. The van der Waals surface area contributed by atoms with E-state index in [0.29, 0.717) is 59.9 Å². The summed E-state index contributed by atoms with van der Waals surface area (Å²) in [7, 11) is -3.20. The molecule has 0 aliphatic carbocycles. The molecule has 1 saturated heterocycles. The molecule has 156 valence electrons. The van der Waals surface area contributed by atoms with Gasteiger partial charge in [-0.1, -0.05) is 23.2 Å². The Hall–Kier alpha value is -1.95. The van der Waals surface area contributed by atoms with Gasteiger partial charge in [0.1, 0.15) is 5.15 Å². The highest BCUT2D eigenvalue weighted by molar-refractivity contribution is 7.88. The molecule has 0 aromatic carbocycles. The van der Waals surface area contributed by atoms with Gasteiger partial charge in [0.25, 0.3) is 0 Å². The summed E-state index contributed by atoms with van der Waals surface area (Å²) in [5, 5.41) is 9.95. The van der Waals surface area contributed by atoms with Crippen molar-refractivity contribution in [2.75, 3.05) is 25.1 Å². The van der Waals surface area contributed by atoms with Crippen LogP contribution in [0, 0.1) is 0 Å². The number of sulfonamides is 1. The molecule has 0 bridgehead atoms. The van der Waals surface area contributed by atoms with Crippen molar-refractivity contribution in [3.05, 3.63) is 16.5 Å². The van der Waals surface area contributed by atoms with Crippen LogP contribution in [0.25, 0.3) is 22.3 Å². The van der Waals surface area contributed by atoms with Crippen molar-refractivity contribution >= 4 is 50.2 Å². The molecule has 3 aromatic heterocycles. The van der Waals surface area contributed by atoms with Crippen LogP contribution in [-0.4, -0.2) is 61.6 Å². The molecule has 2 N–H and O–H groups in total. The molecule has 4 heterocycles. The van der Waals surface area contributed by atoms with Gasteiger partial charge < -0.3 is 5.73 Å². The zero-order valence-electron chi connectivity index (χ0n) is 15.9. The Balaban J connectivity index is 1.73. The van der Waals surface area contributed by atoms with E-state index in [1.54, 1.807) is 15.6 Å².